The molecule has 17 heavy (non-hydrogen) atoms. The van der Waals surface area contributed by atoms with Crippen LogP contribution in [0, 0.1) is 0 Å². The third kappa shape index (κ3) is 5.49. The summed E-state index contributed by atoms with van der Waals surface area (Å²) in [6.07, 6.45) is 1.90. The number of aliphatic hydroxyl groups excluding tert-OH is 1. The molecular weight excluding hydrogens is 218 g/mol. The van der Waals surface area contributed by atoms with Crippen molar-refractivity contribution < 1.29 is 9.84 Å². The summed E-state index contributed by atoms with van der Waals surface area (Å²) < 4.78 is 5.48. The first kappa shape index (κ1) is 13.7. The van der Waals surface area contributed by atoms with Crippen LogP contribution in [0.1, 0.15) is 34.1 Å². The second-order valence-electron chi connectivity index (χ2n) is 4.54. The molecule has 0 aromatic carbocycles. The largest absolute Gasteiger partial charge is 0.475 e. The van der Waals surface area contributed by atoms with Gasteiger partial charge in [0.2, 0.25) is 5.88 Å². The predicted octanol–water partition coefficient (Wildman–Crippen LogP) is 1.84. The molecule has 1 aromatic rings. The van der Waals surface area contributed by atoms with Crippen LogP contribution in [0.2, 0.25) is 0 Å². The lowest BCUT2D eigenvalue weighted by molar-refractivity contribution is 0.179. The molecule has 5 nitrogen and oxygen atoms in total. The Bertz CT molecular complexity index is 342. The Morgan fingerprint density at radius 3 is 2.59 bits per heavy atom. The zero-order chi connectivity index (χ0) is 12.8. The summed E-state index contributed by atoms with van der Waals surface area (Å²) in [5.74, 6) is 1.27. The lowest BCUT2D eigenvalue weighted by atomic mass is 10.1. The van der Waals surface area contributed by atoms with Gasteiger partial charge in [-0.3, -0.25) is 0 Å². The quantitative estimate of drug-likeness (QED) is 0.792. The third-order valence-electron chi connectivity index (χ3n) is 2.09. The van der Waals surface area contributed by atoms with E-state index in [2.05, 4.69) is 15.3 Å². The number of anilines is 1. The highest BCUT2D eigenvalue weighted by Crippen LogP contribution is 2.14. The van der Waals surface area contributed by atoms with Crippen LogP contribution in [0.4, 0.5) is 5.82 Å². The van der Waals surface area contributed by atoms with Crippen LogP contribution in [0.25, 0.3) is 0 Å². The Balaban J connectivity index is 2.59. The minimum absolute atomic E-state index is 0.0904. The van der Waals surface area contributed by atoms with Gasteiger partial charge in [0.05, 0.1) is 12.2 Å². The van der Waals surface area contributed by atoms with Crippen molar-refractivity contribution >= 4 is 5.82 Å². The zero-order valence-corrected chi connectivity index (χ0v) is 10.8. The minimum atomic E-state index is -0.328. The Morgan fingerprint density at radius 2 is 2.00 bits per heavy atom. The average Bonchev–Trinajstić information content (AvgIpc) is 2.14. The second kappa shape index (κ2) is 6.39. The van der Waals surface area contributed by atoms with E-state index in [1.165, 1.54) is 6.33 Å². The second-order valence-corrected chi connectivity index (χ2v) is 4.54. The van der Waals surface area contributed by atoms with Crippen LogP contribution in [-0.2, 0) is 0 Å². The van der Waals surface area contributed by atoms with Gasteiger partial charge in [0.25, 0.3) is 0 Å². The Hall–Kier alpha value is -1.36. The topological polar surface area (TPSA) is 67.3 Å². The molecule has 0 fully saturated rings. The van der Waals surface area contributed by atoms with E-state index < -0.39 is 0 Å². The number of hydrogen-bond acceptors (Lipinski definition) is 5. The van der Waals surface area contributed by atoms with Gasteiger partial charge >= 0.3 is 0 Å². The first-order valence-electron chi connectivity index (χ1n) is 5.90. The Kier molecular flexibility index (Phi) is 5.15. The summed E-state index contributed by atoms with van der Waals surface area (Å²) in [5.41, 5.74) is 0. The predicted molar refractivity (Wildman–Crippen MR) is 67.2 cm³/mol. The molecule has 1 heterocycles. The highest BCUT2D eigenvalue weighted by Gasteiger charge is 2.08. The van der Waals surface area contributed by atoms with Crippen molar-refractivity contribution in [1.29, 1.82) is 0 Å². The van der Waals surface area contributed by atoms with Gasteiger partial charge in [-0.25, -0.2) is 9.97 Å². The number of nitrogens with zero attached hydrogens (tertiary/aromatic N) is 2. The summed E-state index contributed by atoms with van der Waals surface area (Å²) in [6.45, 7) is 7.67. The molecule has 1 aromatic heterocycles. The van der Waals surface area contributed by atoms with Gasteiger partial charge in [-0.1, -0.05) is 0 Å². The normalized spacial score (nSPS) is 14.5. The first-order chi connectivity index (χ1) is 7.97. The highest BCUT2D eigenvalue weighted by molar-refractivity contribution is 5.37. The molecule has 2 unspecified atom stereocenters. The van der Waals surface area contributed by atoms with Crippen molar-refractivity contribution in [3.05, 3.63) is 12.4 Å². The molecule has 2 atom stereocenters. The monoisotopic (exact) mass is 239 g/mol. The van der Waals surface area contributed by atoms with E-state index in [4.69, 9.17) is 4.74 Å². The van der Waals surface area contributed by atoms with Crippen molar-refractivity contribution in [2.45, 2.75) is 52.4 Å². The summed E-state index contributed by atoms with van der Waals surface area (Å²) >= 11 is 0. The van der Waals surface area contributed by atoms with Crippen LogP contribution in [0.15, 0.2) is 12.4 Å². The van der Waals surface area contributed by atoms with Crippen molar-refractivity contribution in [3.63, 3.8) is 0 Å². The zero-order valence-electron chi connectivity index (χ0n) is 10.8. The molecule has 0 saturated heterocycles. The van der Waals surface area contributed by atoms with Gasteiger partial charge in [0.15, 0.2) is 0 Å². The fourth-order valence-corrected chi connectivity index (χ4v) is 1.55. The van der Waals surface area contributed by atoms with Crippen LogP contribution < -0.4 is 10.1 Å². The molecule has 0 amide bonds. The van der Waals surface area contributed by atoms with E-state index in [0.717, 1.165) is 0 Å². The molecule has 0 radical (unpaired) electrons. The van der Waals surface area contributed by atoms with E-state index in [-0.39, 0.29) is 18.2 Å². The van der Waals surface area contributed by atoms with Gasteiger partial charge in [-0.05, 0) is 34.1 Å². The van der Waals surface area contributed by atoms with E-state index in [1.54, 1.807) is 13.0 Å². The van der Waals surface area contributed by atoms with Gasteiger partial charge in [0, 0.05) is 12.1 Å². The number of rotatable bonds is 6. The number of aliphatic hydroxyl groups is 1. The summed E-state index contributed by atoms with van der Waals surface area (Å²) in [6, 6.07) is 1.91. The fraction of sp³-hybridized carbons (Fsp3) is 0.667. The van der Waals surface area contributed by atoms with Gasteiger partial charge < -0.3 is 15.2 Å². The maximum atomic E-state index is 9.28. The van der Waals surface area contributed by atoms with Gasteiger partial charge in [0.1, 0.15) is 12.1 Å². The van der Waals surface area contributed by atoms with Gasteiger partial charge in [-0.15, -0.1) is 0 Å². The van der Waals surface area contributed by atoms with Crippen molar-refractivity contribution in [2.75, 3.05) is 5.32 Å². The van der Waals surface area contributed by atoms with Crippen LogP contribution >= 0.6 is 0 Å². The first-order valence-corrected chi connectivity index (χ1v) is 5.90. The number of aromatic nitrogens is 2. The van der Waals surface area contributed by atoms with Crippen LogP contribution in [0.3, 0.4) is 0 Å². The fourth-order valence-electron chi connectivity index (χ4n) is 1.55. The molecule has 0 bridgehead atoms. The van der Waals surface area contributed by atoms with E-state index in [0.29, 0.717) is 18.1 Å². The average molecular weight is 239 g/mol. The van der Waals surface area contributed by atoms with E-state index in [1.807, 2.05) is 20.8 Å². The Morgan fingerprint density at radius 1 is 1.29 bits per heavy atom. The molecule has 0 aliphatic heterocycles. The number of ether oxygens (including phenoxy) is 1. The SMILES string of the molecule is CC(O)CC(C)Nc1cc(OC(C)C)ncn1. The number of nitrogens with one attached hydrogen (secondary N) is 1. The number of hydrogen-bond donors (Lipinski definition) is 2. The summed E-state index contributed by atoms with van der Waals surface area (Å²) in [4.78, 5) is 8.14. The minimum Gasteiger partial charge on any atom is -0.475 e. The molecule has 0 saturated carbocycles. The van der Waals surface area contributed by atoms with Gasteiger partial charge in [-0.2, -0.15) is 0 Å². The molecule has 0 spiro atoms. The third-order valence-corrected chi connectivity index (χ3v) is 2.09. The standard InChI is InChI=1S/C12H21N3O2/c1-8(2)17-12-6-11(13-7-14-12)15-9(3)5-10(4)16/h6-10,16H,5H2,1-4H3,(H,13,14,15). The maximum absolute atomic E-state index is 9.28. The summed E-state index contributed by atoms with van der Waals surface area (Å²) in [7, 11) is 0. The molecule has 2 N–H and O–H groups in total. The Labute approximate surface area is 102 Å². The molecule has 0 aliphatic rings. The molecular formula is C12H21N3O2. The maximum Gasteiger partial charge on any atom is 0.218 e. The molecule has 5 heteroatoms. The van der Waals surface area contributed by atoms with E-state index in [9.17, 15) is 5.11 Å². The molecule has 1 rings (SSSR count). The smallest absolute Gasteiger partial charge is 0.218 e. The van der Waals surface area contributed by atoms with Crippen molar-refractivity contribution in [3.8, 4) is 5.88 Å². The highest BCUT2D eigenvalue weighted by atomic mass is 16.5. The van der Waals surface area contributed by atoms with Crippen molar-refractivity contribution in [1.82, 2.24) is 9.97 Å². The van der Waals surface area contributed by atoms with E-state index >= 15 is 0 Å². The molecule has 96 valence electrons. The lowest BCUT2D eigenvalue weighted by Gasteiger charge is -2.16. The summed E-state index contributed by atoms with van der Waals surface area (Å²) in [5, 5.41) is 12.5. The van der Waals surface area contributed by atoms with Crippen LogP contribution in [0.5, 0.6) is 5.88 Å². The van der Waals surface area contributed by atoms with Crippen LogP contribution in [-0.4, -0.2) is 33.3 Å². The lowest BCUT2D eigenvalue weighted by Crippen LogP contribution is -2.21. The van der Waals surface area contributed by atoms with Crippen molar-refractivity contribution in [2.24, 2.45) is 0 Å². The molecule has 0 aliphatic carbocycles.